The number of hydrogen-bond acceptors (Lipinski definition) is 5. The van der Waals surface area contributed by atoms with Crippen molar-refractivity contribution in [2.24, 2.45) is 11.3 Å². The van der Waals surface area contributed by atoms with E-state index in [1.165, 1.54) is 6.42 Å². The molecule has 7 heteroatoms. The summed E-state index contributed by atoms with van der Waals surface area (Å²) < 4.78 is 0. The highest BCUT2D eigenvalue weighted by atomic mass is 16.2. The average molecular weight is 434 g/mol. The van der Waals surface area contributed by atoms with Crippen molar-refractivity contribution >= 4 is 17.6 Å². The molecule has 2 aromatic heterocycles. The minimum Gasteiger partial charge on any atom is -0.353 e. The highest BCUT2D eigenvalue weighted by Crippen LogP contribution is 2.48. The van der Waals surface area contributed by atoms with Gasteiger partial charge in [-0.15, -0.1) is 0 Å². The van der Waals surface area contributed by atoms with Gasteiger partial charge in [-0.3, -0.25) is 14.6 Å². The van der Waals surface area contributed by atoms with E-state index in [2.05, 4.69) is 14.9 Å². The Labute approximate surface area is 189 Å². The molecule has 2 aromatic rings. The third-order valence-electron chi connectivity index (χ3n) is 7.57. The Kier molecular flexibility index (Phi) is 5.81. The second kappa shape index (κ2) is 8.88. The number of amides is 2. The van der Waals surface area contributed by atoms with Crippen LogP contribution in [-0.2, 0) is 4.79 Å². The fourth-order valence-corrected chi connectivity index (χ4v) is 5.82. The monoisotopic (exact) mass is 433 g/mol. The highest BCUT2D eigenvalue weighted by Gasteiger charge is 2.52. The molecular formula is C25H31N5O2. The number of piperazine rings is 1. The lowest BCUT2D eigenvalue weighted by atomic mass is 9.67. The molecule has 2 saturated heterocycles. The van der Waals surface area contributed by atoms with Gasteiger partial charge in [0.25, 0.3) is 5.91 Å². The van der Waals surface area contributed by atoms with Crippen molar-refractivity contribution in [1.82, 2.24) is 19.8 Å². The molecule has 0 N–H and O–H groups in total. The highest BCUT2D eigenvalue weighted by molar-refractivity contribution is 5.95. The van der Waals surface area contributed by atoms with Crippen LogP contribution < -0.4 is 4.90 Å². The van der Waals surface area contributed by atoms with Gasteiger partial charge in [-0.2, -0.15) is 0 Å². The summed E-state index contributed by atoms with van der Waals surface area (Å²) in [5, 5.41) is 0. The summed E-state index contributed by atoms with van der Waals surface area (Å²) in [6.07, 6.45) is 10.7. The van der Waals surface area contributed by atoms with Gasteiger partial charge in [-0.05, 0) is 37.1 Å². The molecule has 3 fully saturated rings. The molecule has 1 atom stereocenters. The molecule has 7 nitrogen and oxygen atoms in total. The molecule has 0 bridgehead atoms. The van der Waals surface area contributed by atoms with E-state index in [4.69, 9.17) is 0 Å². The Morgan fingerprint density at radius 2 is 1.62 bits per heavy atom. The van der Waals surface area contributed by atoms with Gasteiger partial charge in [-0.25, -0.2) is 4.98 Å². The summed E-state index contributed by atoms with van der Waals surface area (Å²) >= 11 is 0. The molecule has 5 rings (SSSR count). The van der Waals surface area contributed by atoms with Crippen molar-refractivity contribution < 1.29 is 9.59 Å². The summed E-state index contributed by atoms with van der Waals surface area (Å²) in [5.41, 5.74) is 0.582. The van der Waals surface area contributed by atoms with E-state index in [0.29, 0.717) is 31.7 Å². The molecule has 3 aliphatic rings. The predicted molar refractivity (Wildman–Crippen MR) is 122 cm³/mol. The molecule has 1 unspecified atom stereocenters. The van der Waals surface area contributed by atoms with Crippen LogP contribution in [0.25, 0.3) is 0 Å². The Balaban J connectivity index is 1.30. The molecule has 32 heavy (non-hydrogen) atoms. The fourth-order valence-electron chi connectivity index (χ4n) is 5.82. The summed E-state index contributed by atoms with van der Waals surface area (Å²) in [4.78, 5) is 41.6. The maximum atomic E-state index is 13.8. The number of hydrogen-bond donors (Lipinski definition) is 0. The normalized spacial score (nSPS) is 22.9. The van der Waals surface area contributed by atoms with Crippen LogP contribution in [0.2, 0.25) is 0 Å². The molecule has 0 radical (unpaired) electrons. The molecular weight excluding hydrogens is 402 g/mol. The van der Waals surface area contributed by atoms with E-state index in [1.807, 2.05) is 34.2 Å². The predicted octanol–water partition coefficient (Wildman–Crippen LogP) is 2.85. The van der Waals surface area contributed by atoms with Gasteiger partial charge in [-0.1, -0.05) is 25.3 Å². The molecule has 2 aliphatic heterocycles. The van der Waals surface area contributed by atoms with Gasteiger partial charge in [0.1, 0.15) is 5.82 Å². The number of pyridine rings is 2. The van der Waals surface area contributed by atoms with E-state index >= 15 is 0 Å². The SMILES string of the molecule is O=C(c1ccncc1)N1CC(C(=O)N2CCN(c3ccccn3)CC2)C2(CCCCC2)C1. The number of anilines is 1. The summed E-state index contributed by atoms with van der Waals surface area (Å²) in [6, 6.07) is 9.48. The van der Waals surface area contributed by atoms with Crippen LogP contribution in [0.3, 0.4) is 0 Å². The molecule has 2 amide bonds. The minimum atomic E-state index is -0.102. The zero-order valence-corrected chi connectivity index (χ0v) is 18.5. The lowest BCUT2D eigenvalue weighted by Gasteiger charge is -2.41. The smallest absolute Gasteiger partial charge is 0.254 e. The number of nitrogens with zero attached hydrogens (tertiary/aromatic N) is 5. The summed E-state index contributed by atoms with van der Waals surface area (Å²) in [7, 11) is 0. The lowest BCUT2D eigenvalue weighted by Crippen LogP contribution is -2.53. The van der Waals surface area contributed by atoms with Crippen molar-refractivity contribution in [1.29, 1.82) is 0 Å². The van der Waals surface area contributed by atoms with E-state index in [1.54, 1.807) is 24.5 Å². The Morgan fingerprint density at radius 3 is 2.31 bits per heavy atom. The molecule has 1 spiro atoms. The van der Waals surface area contributed by atoms with Crippen molar-refractivity contribution in [3.8, 4) is 0 Å². The molecule has 168 valence electrons. The first-order valence-electron chi connectivity index (χ1n) is 11.8. The Hall–Kier alpha value is -2.96. The number of likely N-dealkylation sites (tertiary alicyclic amines) is 1. The maximum absolute atomic E-state index is 13.8. The first-order chi connectivity index (χ1) is 15.7. The number of carbonyl (C=O) groups excluding carboxylic acids is 2. The lowest BCUT2D eigenvalue weighted by molar-refractivity contribution is -0.139. The van der Waals surface area contributed by atoms with Gasteiger partial charge in [0.05, 0.1) is 5.92 Å². The van der Waals surface area contributed by atoms with Crippen LogP contribution in [0.4, 0.5) is 5.82 Å². The minimum absolute atomic E-state index is 0.0209. The quantitative estimate of drug-likeness (QED) is 0.745. The van der Waals surface area contributed by atoms with Crippen LogP contribution in [0.1, 0.15) is 42.5 Å². The first kappa shape index (κ1) is 20.9. The Morgan fingerprint density at radius 1 is 0.875 bits per heavy atom. The van der Waals surface area contributed by atoms with E-state index < -0.39 is 0 Å². The van der Waals surface area contributed by atoms with Gasteiger partial charge >= 0.3 is 0 Å². The summed E-state index contributed by atoms with van der Waals surface area (Å²) in [5.74, 6) is 1.12. The Bertz CT molecular complexity index is 937. The third-order valence-corrected chi connectivity index (χ3v) is 7.57. The van der Waals surface area contributed by atoms with Gasteiger partial charge < -0.3 is 14.7 Å². The van der Waals surface area contributed by atoms with Crippen molar-refractivity contribution in [3.05, 3.63) is 54.5 Å². The molecule has 1 saturated carbocycles. The summed E-state index contributed by atoms with van der Waals surface area (Å²) in [6.45, 7) is 4.23. The second-order valence-electron chi connectivity index (χ2n) is 9.40. The van der Waals surface area contributed by atoms with Crippen LogP contribution in [0, 0.1) is 11.3 Å². The van der Waals surface area contributed by atoms with Gasteiger partial charge in [0, 0.05) is 68.8 Å². The van der Waals surface area contributed by atoms with Crippen LogP contribution in [-0.4, -0.2) is 70.9 Å². The van der Waals surface area contributed by atoms with Crippen LogP contribution in [0.5, 0.6) is 0 Å². The fraction of sp³-hybridized carbons (Fsp3) is 0.520. The number of rotatable bonds is 3. The standard InChI is InChI=1S/C25H31N5O2/c31-23(20-7-12-26-13-8-20)30-18-21(25(19-30)9-3-1-4-10-25)24(32)29-16-14-28(15-17-29)22-6-2-5-11-27-22/h2,5-8,11-13,21H,1,3-4,9-10,14-19H2. The average Bonchev–Trinajstić information content (AvgIpc) is 3.23. The van der Waals surface area contributed by atoms with E-state index in [-0.39, 0.29) is 23.1 Å². The van der Waals surface area contributed by atoms with Crippen LogP contribution >= 0.6 is 0 Å². The molecule has 1 aliphatic carbocycles. The first-order valence-corrected chi connectivity index (χ1v) is 11.8. The maximum Gasteiger partial charge on any atom is 0.254 e. The molecule has 4 heterocycles. The van der Waals surface area contributed by atoms with E-state index in [9.17, 15) is 9.59 Å². The van der Waals surface area contributed by atoms with Crippen molar-refractivity contribution in [2.75, 3.05) is 44.2 Å². The van der Waals surface area contributed by atoms with E-state index in [0.717, 1.165) is 44.6 Å². The second-order valence-corrected chi connectivity index (χ2v) is 9.40. The zero-order chi connectivity index (χ0) is 22.0. The van der Waals surface area contributed by atoms with Crippen molar-refractivity contribution in [2.45, 2.75) is 32.1 Å². The topological polar surface area (TPSA) is 69.6 Å². The zero-order valence-electron chi connectivity index (χ0n) is 18.5. The number of aromatic nitrogens is 2. The largest absolute Gasteiger partial charge is 0.353 e. The number of carbonyl (C=O) groups is 2. The van der Waals surface area contributed by atoms with Gasteiger partial charge in [0.15, 0.2) is 0 Å². The van der Waals surface area contributed by atoms with Crippen molar-refractivity contribution in [3.63, 3.8) is 0 Å². The van der Waals surface area contributed by atoms with Gasteiger partial charge in [0.2, 0.25) is 5.91 Å². The third kappa shape index (κ3) is 3.96. The van der Waals surface area contributed by atoms with Crippen LogP contribution in [0.15, 0.2) is 48.9 Å². The molecule has 0 aromatic carbocycles.